The van der Waals surface area contributed by atoms with Crippen molar-refractivity contribution in [2.24, 2.45) is 0 Å². The van der Waals surface area contributed by atoms with Crippen molar-refractivity contribution in [2.45, 2.75) is 19.8 Å². The van der Waals surface area contributed by atoms with Crippen LogP contribution in [-0.2, 0) is 6.42 Å². The standard InChI is InChI=1S/C11H14N4S/c1-2-5-13-11-14-10(15-16-11)8-9-3-6-12-7-4-9/h3-4,6-7H,2,5,8H2,1H3,(H,13,14,15). The Labute approximate surface area is 98.9 Å². The van der Waals surface area contributed by atoms with Crippen molar-refractivity contribution < 1.29 is 0 Å². The van der Waals surface area contributed by atoms with Gasteiger partial charge in [0.05, 0.1) is 0 Å². The highest BCUT2D eigenvalue weighted by Crippen LogP contribution is 2.13. The molecule has 0 amide bonds. The monoisotopic (exact) mass is 234 g/mol. The van der Waals surface area contributed by atoms with Crippen LogP contribution in [0, 0.1) is 0 Å². The molecule has 5 heteroatoms. The average molecular weight is 234 g/mol. The average Bonchev–Trinajstić information content (AvgIpc) is 2.75. The van der Waals surface area contributed by atoms with Gasteiger partial charge in [0.15, 0.2) is 0 Å². The Bertz CT molecular complexity index is 427. The Morgan fingerprint density at radius 2 is 2.12 bits per heavy atom. The van der Waals surface area contributed by atoms with Crippen molar-refractivity contribution in [3.63, 3.8) is 0 Å². The van der Waals surface area contributed by atoms with Crippen LogP contribution in [0.4, 0.5) is 5.13 Å². The lowest BCUT2D eigenvalue weighted by atomic mass is 10.2. The lowest BCUT2D eigenvalue weighted by Gasteiger charge is -1.97. The summed E-state index contributed by atoms with van der Waals surface area (Å²) in [5, 5.41) is 4.14. The fourth-order valence-corrected chi connectivity index (χ4v) is 1.92. The third-order valence-electron chi connectivity index (χ3n) is 2.11. The summed E-state index contributed by atoms with van der Waals surface area (Å²) < 4.78 is 4.31. The van der Waals surface area contributed by atoms with Crippen LogP contribution in [0.1, 0.15) is 24.7 Å². The molecule has 2 heterocycles. The number of pyridine rings is 1. The minimum atomic E-state index is 0.771. The Kier molecular flexibility index (Phi) is 3.82. The Hall–Kier alpha value is -1.49. The molecule has 4 nitrogen and oxygen atoms in total. The Morgan fingerprint density at radius 3 is 2.88 bits per heavy atom. The van der Waals surface area contributed by atoms with E-state index in [1.165, 1.54) is 17.1 Å². The van der Waals surface area contributed by atoms with Crippen LogP contribution in [0.25, 0.3) is 0 Å². The maximum atomic E-state index is 4.42. The zero-order valence-corrected chi connectivity index (χ0v) is 10.00. The predicted molar refractivity (Wildman–Crippen MR) is 65.7 cm³/mol. The number of hydrogen-bond donors (Lipinski definition) is 1. The third-order valence-corrected chi connectivity index (χ3v) is 2.82. The molecule has 0 aliphatic rings. The van der Waals surface area contributed by atoms with Crippen molar-refractivity contribution in [2.75, 3.05) is 11.9 Å². The summed E-state index contributed by atoms with van der Waals surface area (Å²) in [6.07, 6.45) is 5.45. The molecule has 16 heavy (non-hydrogen) atoms. The molecule has 0 spiro atoms. The second kappa shape index (κ2) is 5.55. The SMILES string of the molecule is CCCNc1nc(Cc2ccncc2)ns1. The van der Waals surface area contributed by atoms with Crippen LogP contribution in [0.3, 0.4) is 0 Å². The van der Waals surface area contributed by atoms with Gasteiger partial charge in [-0.1, -0.05) is 6.92 Å². The maximum absolute atomic E-state index is 4.42. The van der Waals surface area contributed by atoms with Crippen molar-refractivity contribution in [1.82, 2.24) is 14.3 Å². The van der Waals surface area contributed by atoms with Gasteiger partial charge in [0.25, 0.3) is 0 Å². The lowest BCUT2D eigenvalue weighted by Crippen LogP contribution is -1.99. The Balaban J connectivity index is 1.97. The first-order chi connectivity index (χ1) is 7.88. The molecule has 0 aromatic carbocycles. The van der Waals surface area contributed by atoms with Crippen LogP contribution in [-0.4, -0.2) is 20.9 Å². The minimum Gasteiger partial charge on any atom is -0.360 e. The topological polar surface area (TPSA) is 50.7 Å². The van der Waals surface area contributed by atoms with E-state index in [4.69, 9.17) is 0 Å². The van der Waals surface area contributed by atoms with E-state index in [1.54, 1.807) is 12.4 Å². The van der Waals surface area contributed by atoms with E-state index in [2.05, 4.69) is 26.6 Å². The molecular weight excluding hydrogens is 220 g/mol. The zero-order chi connectivity index (χ0) is 11.2. The van der Waals surface area contributed by atoms with Crippen LogP contribution in [0.2, 0.25) is 0 Å². The molecule has 0 bridgehead atoms. The number of nitrogens with one attached hydrogen (secondary N) is 1. The van der Waals surface area contributed by atoms with Crippen molar-refractivity contribution in [3.05, 3.63) is 35.9 Å². The van der Waals surface area contributed by atoms with Gasteiger partial charge < -0.3 is 5.32 Å². The number of rotatable bonds is 5. The first-order valence-corrected chi connectivity index (χ1v) is 6.11. The first kappa shape index (κ1) is 11.0. The Morgan fingerprint density at radius 1 is 1.31 bits per heavy atom. The number of anilines is 1. The van der Waals surface area contributed by atoms with Crippen LogP contribution < -0.4 is 5.32 Å². The van der Waals surface area contributed by atoms with E-state index in [9.17, 15) is 0 Å². The second-order valence-electron chi connectivity index (χ2n) is 3.47. The second-order valence-corrected chi connectivity index (χ2v) is 4.23. The van der Waals surface area contributed by atoms with Crippen molar-refractivity contribution in [1.29, 1.82) is 0 Å². The van der Waals surface area contributed by atoms with E-state index in [0.717, 1.165) is 30.3 Å². The zero-order valence-electron chi connectivity index (χ0n) is 9.18. The first-order valence-electron chi connectivity index (χ1n) is 5.34. The van der Waals surface area contributed by atoms with E-state index < -0.39 is 0 Å². The predicted octanol–water partition coefficient (Wildman–Crippen LogP) is 2.35. The molecule has 1 N–H and O–H groups in total. The molecule has 0 aliphatic heterocycles. The highest BCUT2D eigenvalue weighted by molar-refractivity contribution is 7.09. The normalized spacial score (nSPS) is 10.3. The van der Waals surface area contributed by atoms with Gasteiger partial charge in [-0.05, 0) is 24.1 Å². The van der Waals surface area contributed by atoms with Crippen molar-refractivity contribution in [3.8, 4) is 0 Å². The molecule has 0 aliphatic carbocycles. The van der Waals surface area contributed by atoms with Gasteiger partial charge in [-0.2, -0.15) is 4.37 Å². The maximum Gasteiger partial charge on any atom is 0.202 e. The minimum absolute atomic E-state index is 0.771. The van der Waals surface area contributed by atoms with E-state index >= 15 is 0 Å². The summed E-state index contributed by atoms with van der Waals surface area (Å²) >= 11 is 1.42. The van der Waals surface area contributed by atoms with Gasteiger partial charge in [0.1, 0.15) is 5.82 Å². The molecule has 0 fully saturated rings. The van der Waals surface area contributed by atoms with Crippen LogP contribution in [0.5, 0.6) is 0 Å². The van der Waals surface area contributed by atoms with Gasteiger partial charge >= 0.3 is 0 Å². The molecule has 2 aromatic heterocycles. The fourth-order valence-electron chi connectivity index (χ4n) is 1.31. The van der Waals surface area contributed by atoms with Gasteiger partial charge in [0.2, 0.25) is 5.13 Å². The van der Waals surface area contributed by atoms with Crippen LogP contribution >= 0.6 is 11.5 Å². The molecule has 84 valence electrons. The van der Waals surface area contributed by atoms with Crippen molar-refractivity contribution >= 4 is 16.7 Å². The molecule has 2 rings (SSSR count). The molecule has 0 atom stereocenters. The van der Waals surface area contributed by atoms with Gasteiger partial charge in [-0.25, -0.2) is 4.98 Å². The smallest absolute Gasteiger partial charge is 0.202 e. The quantitative estimate of drug-likeness (QED) is 0.862. The molecule has 0 unspecified atom stereocenters. The molecule has 0 saturated heterocycles. The highest BCUT2D eigenvalue weighted by atomic mass is 32.1. The fraction of sp³-hybridized carbons (Fsp3) is 0.364. The molecule has 2 aromatic rings. The molecule has 0 saturated carbocycles. The van der Waals surface area contributed by atoms with Gasteiger partial charge in [-0.15, -0.1) is 0 Å². The highest BCUT2D eigenvalue weighted by Gasteiger charge is 2.03. The summed E-state index contributed by atoms with van der Waals surface area (Å²) in [4.78, 5) is 8.40. The third kappa shape index (κ3) is 3.00. The number of hydrogen-bond acceptors (Lipinski definition) is 5. The van der Waals surface area contributed by atoms with E-state index in [1.807, 2.05) is 12.1 Å². The summed E-state index contributed by atoms with van der Waals surface area (Å²) in [5.41, 5.74) is 1.19. The lowest BCUT2D eigenvalue weighted by molar-refractivity contribution is 0.966. The van der Waals surface area contributed by atoms with E-state index in [-0.39, 0.29) is 0 Å². The van der Waals surface area contributed by atoms with E-state index in [0.29, 0.717) is 0 Å². The molecule has 0 radical (unpaired) electrons. The number of aromatic nitrogens is 3. The number of nitrogens with zero attached hydrogens (tertiary/aromatic N) is 3. The summed E-state index contributed by atoms with van der Waals surface area (Å²) in [5.74, 6) is 0.870. The largest absolute Gasteiger partial charge is 0.360 e. The van der Waals surface area contributed by atoms with Gasteiger partial charge in [0, 0.05) is 36.9 Å². The summed E-state index contributed by atoms with van der Waals surface area (Å²) in [7, 11) is 0. The summed E-state index contributed by atoms with van der Waals surface area (Å²) in [6, 6.07) is 3.97. The van der Waals surface area contributed by atoms with Crippen LogP contribution in [0.15, 0.2) is 24.5 Å². The van der Waals surface area contributed by atoms with Gasteiger partial charge in [-0.3, -0.25) is 4.98 Å². The summed E-state index contributed by atoms with van der Waals surface area (Å²) in [6.45, 7) is 3.08. The molecular formula is C11H14N4S.